The third kappa shape index (κ3) is 4.34. The fraction of sp³-hybridized carbons (Fsp3) is 0.0417. The van der Waals surface area contributed by atoms with Gasteiger partial charge in [-0.1, -0.05) is 60.1 Å². The van der Waals surface area contributed by atoms with E-state index in [1.165, 1.54) is 11.3 Å². The molecule has 0 aliphatic rings. The Balaban J connectivity index is 1.69. The van der Waals surface area contributed by atoms with E-state index in [4.69, 9.17) is 16.3 Å². The van der Waals surface area contributed by atoms with Crippen LogP contribution in [0, 0.1) is 0 Å². The zero-order valence-electron chi connectivity index (χ0n) is 15.3. The van der Waals surface area contributed by atoms with Crippen LogP contribution in [0.15, 0.2) is 84.2 Å². The third-order valence-corrected chi connectivity index (χ3v) is 5.87. The minimum atomic E-state index is -0.873. The lowest BCUT2D eigenvalue weighted by atomic mass is 9.98. The highest BCUT2D eigenvalue weighted by Crippen LogP contribution is 2.41. The van der Waals surface area contributed by atoms with Gasteiger partial charge in [0.2, 0.25) is 0 Å². The molecule has 0 unspecified atom stereocenters. The number of carbonyl (C=O) groups is 1. The predicted molar refractivity (Wildman–Crippen MR) is 118 cm³/mol. The van der Waals surface area contributed by atoms with Gasteiger partial charge in [-0.2, -0.15) is 0 Å². The standard InChI is InChI=1S/C24H17ClO3S/c25-22-9-5-4-8-19(22)24-20(14-23(26)27)21(15-29-24)16-10-12-18(13-11-16)28-17-6-2-1-3-7-17/h1-13,15H,14H2,(H,26,27). The fourth-order valence-corrected chi connectivity index (χ4v) is 4.58. The van der Waals surface area contributed by atoms with E-state index in [0.717, 1.165) is 38.6 Å². The van der Waals surface area contributed by atoms with Crippen molar-refractivity contribution in [3.63, 3.8) is 0 Å². The summed E-state index contributed by atoms with van der Waals surface area (Å²) < 4.78 is 5.85. The quantitative estimate of drug-likeness (QED) is 0.360. The van der Waals surface area contributed by atoms with Gasteiger partial charge in [-0.05, 0) is 52.4 Å². The maximum Gasteiger partial charge on any atom is 0.307 e. The number of carboxylic acid groups (broad SMARTS) is 1. The van der Waals surface area contributed by atoms with Crippen molar-refractivity contribution in [1.29, 1.82) is 0 Å². The molecule has 4 rings (SSSR count). The Morgan fingerprint density at radius 2 is 1.52 bits per heavy atom. The maximum atomic E-state index is 11.5. The van der Waals surface area contributed by atoms with Crippen molar-refractivity contribution in [2.75, 3.05) is 0 Å². The van der Waals surface area contributed by atoms with E-state index in [1.54, 1.807) is 0 Å². The molecule has 0 amide bonds. The molecule has 0 aliphatic heterocycles. The molecule has 3 nitrogen and oxygen atoms in total. The van der Waals surface area contributed by atoms with Crippen LogP contribution in [0.4, 0.5) is 0 Å². The van der Waals surface area contributed by atoms with Crippen molar-refractivity contribution in [2.45, 2.75) is 6.42 Å². The van der Waals surface area contributed by atoms with E-state index in [1.807, 2.05) is 84.2 Å². The number of ether oxygens (including phenoxy) is 1. The van der Waals surface area contributed by atoms with Crippen molar-refractivity contribution in [3.05, 3.63) is 94.8 Å². The molecular weight excluding hydrogens is 404 g/mol. The molecule has 5 heteroatoms. The molecule has 0 saturated heterocycles. The van der Waals surface area contributed by atoms with Crippen LogP contribution in [-0.2, 0) is 11.2 Å². The van der Waals surface area contributed by atoms with Gasteiger partial charge >= 0.3 is 5.97 Å². The first kappa shape index (κ1) is 19.2. The molecule has 144 valence electrons. The number of para-hydroxylation sites is 1. The minimum absolute atomic E-state index is 0.0678. The smallest absolute Gasteiger partial charge is 0.307 e. The average Bonchev–Trinajstić information content (AvgIpc) is 3.12. The first-order chi connectivity index (χ1) is 14.1. The van der Waals surface area contributed by atoms with E-state index in [2.05, 4.69) is 0 Å². The third-order valence-electron chi connectivity index (χ3n) is 4.48. The Morgan fingerprint density at radius 3 is 2.21 bits per heavy atom. The molecule has 1 heterocycles. The highest BCUT2D eigenvalue weighted by Gasteiger charge is 2.19. The molecule has 0 radical (unpaired) electrons. The van der Waals surface area contributed by atoms with E-state index >= 15 is 0 Å². The first-order valence-corrected chi connectivity index (χ1v) is 10.3. The van der Waals surface area contributed by atoms with Crippen molar-refractivity contribution in [3.8, 4) is 33.1 Å². The predicted octanol–water partition coefficient (Wildman–Crippen LogP) is 7.15. The van der Waals surface area contributed by atoms with Gasteiger partial charge in [-0.15, -0.1) is 11.3 Å². The van der Waals surface area contributed by atoms with E-state index in [0.29, 0.717) is 5.02 Å². The maximum absolute atomic E-state index is 11.5. The molecule has 1 N–H and O–H groups in total. The Morgan fingerprint density at radius 1 is 0.862 bits per heavy atom. The fourth-order valence-electron chi connectivity index (χ4n) is 3.15. The number of rotatable bonds is 6. The summed E-state index contributed by atoms with van der Waals surface area (Å²) >= 11 is 7.87. The normalized spacial score (nSPS) is 10.7. The number of hydrogen-bond acceptors (Lipinski definition) is 3. The first-order valence-electron chi connectivity index (χ1n) is 9.02. The van der Waals surface area contributed by atoms with Crippen LogP contribution >= 0.6 is 22.9 Å². The molecule has 0 atom stereocenters. The van der Waals surface area contributed by atoms with Crippen LogP contribution in [0.1, 0.15) is 5.56 Å². The number of thiophene rings is 1. The molecule has 0 aliphatic carbocycles. The molecule has 0 fully saturated rings. The van der Waals surface area contributed by atoms with Gasteiger partial charge in [-0.3, -0.25) is 4.79 Å². The van der Waals surface area contributed by atoms with E-state index < -0.39 is 5.97 Å². The van der Waals surface area contributed by atoms with Crippen molar-refractivity contribution >= 4 is 28.9 Å². The summed E-state index contributed by atoms with van der Waals surface area (Å²) in [4.78, 5) is 12.4. The summed E-state index contributed by atoms with van der Waals surface area (Å²) in [6, 6.07) is 24.7. The monoisotopic (exact) mass is 420 g/mol. The van der Waals surface area contributed by atoms with Crippen molar-refractivity contribution in [2.24, 2.45) is 0 Å². The van der Waals surface area contributed by atoms with Crippen molar-refractivity contribution in [1.82, 2.24) is 0 Å². The van der Waals surface area contributed by atoms with Crippen LogP contribution in [-0.4, -0.2) is 11.1 Å². The Kier molecular flexibility index (Phi) is 5.65. The van der Waals surface area contributed by atoms with Crippen LogP contribution < -0.4 is 4.74 Å². The zero-order valence-corrected chi connectivity index (χ0v) is 16.9. The minimum Gasteiger partial charge on any atom is -0.481 e. The van der Waals surface area contributed by atoms with Crippen molar-refractivity contribution < 1.29 is 14.6 Å². The molecule has 1 aromatic heterocycles. The highest BCUT2D eigenvalue weighted by molar-refractivity contribution is 7.14. The van der Waals surface area contributed by atoms with Gasteiger partial charge in [0.1, 0.15) is 11.5 Å². The lowest BCUT2D eigenvalue weighted by Crippen LogP contribution is -2.01. The van der Waals surface area contributed by atoms with Gasteiger partial charge in [0.05, 0.1) is 6.42 Å². The van der Waals surface area contributed by atoms with Crippen LogP contribution in [0.5, 0.6) is 11.5 Å². The van der Waals surface area contributed by atoms with E-state index in [9.17, 15) is 9.90 Å². The van der Waals surface area contributed by atoms with Gasteiger partial charge in [0.15, 0.2) is 0 Å². The van der Waals surface area contributed by atoms with Crippen LogP contribution in [0.25, 0.3) is 21.6 Å². The van der Waals surface area contributed by atoms with Crippen LogP contribution in [0.3, 0.4) is 0 Å². The number of hydrogen-bond donors (Lipinski definition) is 1. The second-order valence-corrected chi connectivity index (χ2v) is 7.73. The summed E-state index contributed by atoms with van der Waals surface area (Å²) in [7, 11) is 0. The lowest BCUT2D eigenvalue weighted by molar-refractivity contribution is -0.136. The van der Waals surface area contributed by atoms with Gasteiger partial charge in [0.25, 0.3) is 0 Å². The number of carboxylic acids is 1. The Bertz CT molecular complexity index is 1130. The number of halogens is 1. The summed E-state index contributed by atoms with van der Waals surface area (Å²) in [5, 5.41) is 12.1. The molecule has 0 bridgehead atoms. The SMILES string of the molecule is O=C(O)Cc1c(-c2ccc(Oc3ccccc3)cc2)csc1-c1ccccc1Cl. The largest absolute Gasteiger partial charge is 0.481 e. The molecule has 3 aromatic carbocycles. The molecule has 0 spiro atoms. The second-order valence-electron chi connectivity index (χ2n) is 6.45. The number of aliphatic carboxylic acids is 1. The van der Waals surface area contributed by atoms with Gasteiger partial charge < -0.3 is 9.84 Å². The summed E-state index contributed by atoms with van der Waals surface area (Å²) in [6.07, 6.45) is -0.0678. The highest BCUT2D eigenvalue weighted by atomic mass is 35.5. The number of benzene rings is 3. The molecule has 4 aromatic rings. The zero-order chi connectivity index (χ0) is 20.2. The lowest BCUT2D eigenvalue weighted by Gasteiger charge is -2.09. The Labute approximate surface area is 177 Å². The van der Waals surface area contributed by atoms with Gasteiger partial charge in [0, 0.05) is 15.5 Å². The van der Waals surface area contributed by atoms with Gasteiger partial charge in [-0.25, -0.2) is 0 Å². The Hall–Kier alpha value is -3.08. The topological polar surface area (TPSA) is 46.5 Å². The summed E-state index contributed by atoms with van der Waals surface area (Å²) in [5.74, 6) is 0.617. The van der Waals surface area contributed by atoms with Crippen LogP contribution in [0.2, 0.25) is 5.02 Å². The molecule has 0 saturated carbocycles. The second kappa shape index (κ2) is 8.52. The summed E-state index contributed by atoms with van der Waals surface area (Å²) in [6.45, 7) is 0. The summed E-state index contributed by atoms with van der Waals surface area (Å²) in [5.41, 5.74) is 3.47. The van der Waals surface area contributed by atoms with E-state index in [-0.39, 0.29) is 6.42 Å². The molecular formula is C24H17ClO3S. The molecule has 29 heavy (non-hydrogen) atoms. The average molecular weight is 421 g/mol.